The fourth-order valence-electron chi connectivity index (χ4n) is 1.80. The number of hydrogen-bond acceptors (Lipinski definition) is 6. The third kappa shape index (κ3) is 6.11. The van der Waals surface area contributed by atoms with Gasteiger partial charge in [-0.05, 0) is 38.1 Å². The zero-order chi connectivity index (χ0) is 16.4. The standard InChI is InChI=1S/C16H24O6/c1-16(2,22-10-8-18)15(19)13-3-5-14(6-4-13)21-12-11-20-9-7-17/h3-6,17-18H,7-12H2,1-2H3. The Balaban J connectivity index is 2.51. The third-order valence-electron chi connectivity index (χ3n) is 2.95. The average molecular weight is 312 g/mol. The fraction of sp³-hybridized carbons (Fsp3) is 0.562. The van der Waals surface area contributed by atoms with Crippen molar-refractivity contribution in [3.8, 4) is 5.75 Å². The van der Waals surface area contributed by atoms with Gasteiger partial charge in [0.2, 0.25) is 0 Å². The van der Waals surface area contributed by atoms with E-state index >= 15 is 0 Å². The molecule has 6 heteroatoms. The molecule has 1 aromatic carbocycles. The van der Waals surface area contributed by atoms with Crippen LogP contribution in [-0.2, 0) is 9.47 Å². The smallest absolute Gasteiger partial charge is 0.194 e. The summed E-state index contributed by atoms with van der Waals surface area (Å²) in [5, 5.41) is 17.3. The maximum Gasteiger partial charge on any atom is 0.194 e. The summed E-state index contributed by atoms with van der Waals surface area (Å²) in [6, 6.07) is 6.77. The molecule has 1 aromatic rings. The fourth-order valence-corrected chi connectivity index (χ4v) is 1.80. The molecular formula is C16H24O6. The van der Waals surface area contributed by atoms with E-state index in [2.05, 4.69) is 0 Å². The lowest BCUT2D eigenvalue weighted by atomic mass is 9.96. The summed E-state index contributed by atoms with van der Waals surface area (Å²) in [6.45, 7) is 4.39. The Kier molecular flexibility index (Phi) is 8.05. The predicted octanol–water partition coefficient (Wildman–Crippen LogP) is 1.04. The highest BCUT2D eigenvalue weighted by molar-refractivity contribution is 6.02. The second-order valence-electron chi connectivity index (χ2n) is 5.12. The van der Waals surface area contributed by atoms with Crippen LogP contribution in [0.1, 0.15) is 24.2 Å². The number of ketones is 1. The summed E-state index contributed by atoms with van der Waals surface area (Å²) in [5.41, 5.74) is -0.463. The van der Waals surface area contributed by atoms with Gasteiger partial charge in [0.25, 0.3) is 0 Å². The van der Waals surface area contributed by atoms with E-state index in [-0.39, 0.29) is 25.6 Å². The molecule has 0 aromatic heterocycles. The summed E-state index contributed by atoms with van der Waals surface area (Å²) >= 11 is 0. The van der Waals surface area contributed by atoms with Crippen molar-refractivity contribution in [3.63, 3.8) is 0 Å². The van der Waals surface area contributed by atoms with E-state index in [1.54, 1.807) is 38.1 Å². The molecule has 0 aliphatic carbocycles. The van der Waals surface area contributed by atoms with Gasteiger partial charge in [-0.2, -0.15) is 0 Å². The quantitative estimate of drug-likeness (QED) is 0.469. The molecule has 1 rings (SSSR count). The molecule has 0 spiro atoms. The Morgan fingerprint density at radius 2 is 1.64 bits per heavy atom. The van der Waals surface area contributed by atoms with Crippen molar-refractivity contribution in [2.45, 2.75) is 19.4 Å². The van der Waals surface area contributed by atoms with Crippen LogP contribution in [0.4, 0.5) is 0 Å². The molecule has 0 saturated carbocycles. The van der Waals surface area contributed by atoms with Crippen LogP contribution >= 0.6 is 0 Å². The van der Waals surface area contributed by atoms with Gasteiger partial charge in [0.15, 0.2) is 5.78 Å². The monoisotopic (exact) mass is 312 g/mol. The van der Waals surface area contributed by atoms with Gasteiger partial charge < -0.3 is 24.4 Å². The minimum atomic E-state index is -0.983. The largest absolute Gasteiger partial charge is 0.491 e. The number of hydrogen-bond donors (Lipinski definition) is 2. The Bertz CT molecular complexity index is 440. The molecule has 2 N–H and O–H groups in total. The molecule has 0 amide bonds. The predicted molar refractivity (Wildman–Crippen MR) is 81.3 cm³/mol. The Morgan fingerprint density at radius 1 is 1.00 bits per heavy atom. The van der Waals surface area contributed by atoms with E-state index in [0.29, 0.717) is 31.1 Å². The van der Waals surface area contributed by atoms with Crippen molar-refractivity contribution >= 4 is 5.78 Å². The van der Waals surface area contributed by atoms with E-state index in [0.717, 1.165) is 0 Å². The number of carbonyl (C=O) groups excluding carboxylic acids is 1. The van der Waals surface area contributed by atoms with Crippen molar-refractivity contribution in [2.24, 2.45) is 0 Å². The van der Waals surface area contributed by atoms with Crippen molar-refractivity contribution in [3.05, 3.63) is 29.8 Å². The van der Waals surface area contributed by atoms with Crippen LogP contribution in [-0.4, -0.2) is 61.2 Å². The van der Waals surface area contributed by atoms with Crippen LogP contribution < -0.4 is 4.74 Å². The van der Waals surface area contributed by atoms with E-state index in [1.165, 1.54) is 0 Å². The first-order valence-corrected chi connectivity index (χ1v) is 7.22. The number of aliphatic hydroxyl groups is 2. The Labute approximate surface area is 130 Å². The SMILES string of the molecule is CC(C)(OCCO)C(=O)c1ccc(OCCOCCO)cc1. The van der Waals surface area contributed by atoms with Crippen LogP contribution in [0.2, 0.25) is 0 Å². The normalized spacial score (nSPS) is 11.5. The molecule has 0 radical (unpaired) electrons. The number of Topliss-reactive ketones (excluding diaryl/α,β-unsaturated/α-hetero) is 1. The number of rotatable bonds is 11. The van der Waals surface area contributed by atoms with Gasteiger partial charge in [-0.1, -0.05) is 0 Å². The number of aliphatic hydroxyl groups excluding tert-OH is 2. The molecule has 0 saturated heterocycles. The first kappa shape index (κ1) is 18.6. The molecule has 0 aliphatic rings. The first-order chi connectivity index (χ1) is 10.5. The minimum absolute atomic E-state index is 0.00898. The molecule has 6 nitrogen and oxygen atoms in total. The number of benzene rings is 1. The van der Waals surface area contributed by atoms with Gasteiger partial charge in [0.05, 0.1) is 33.0 Å². The van der Waals surface area contributed by atoms with Crippen molar-refractivity contribution in [1.82, 2.24) is 0 Å². The Morgan fingerprint density at radius 3 is 2.23 bits per heavy atom. The first-order valence-electron chi connectivity index (χ1n) is 7.22. The number of ether oxygens (including phenoxy) is 3. The molecule has 0 aliphatic heterocycles. The van der Waals surface area contributed by atoms with Gasteiger partial charge in [-0.15, -0.1) is 0 Å². The van der Waals surface area contributed by atoms with Gasteiger partial charge in [0, 0.05) is 5.56 Å². The lowest BCUT2D eigenvalue weighted by Crippen LogP contribution is -2.36. The van der Waals surface area contributed by atoms with Gasteiger partial charge in [-0.3, -0.25) is 4.79 Å². The van der Waals surface area contributed by atoms with Crippen LogP contribution in [0.5, 0.6) is 5.75 Å². The lowest BCUT2D eigenvalue weighted by molar-refractivity contribution is -0.0174. The van der Waals surface area contributed by atoms with E-state index < -0.39 is 5.60 Å². The summed E-state index contributed by atoms with van der Waals surface area (Å²) < 4.78 is 15.9. The van der Waals surface area contributed by atoms with Crippen LogP contribution in [0.25, 0.3) is 0 Å². The minimum Gasteiger partial charge on any atom is -0.491 e. The third-order valence-corrected chi connectivity index (χ3v) is 2.95. The molecule has 124 valence electrons. The second-order valence-corrected chi connectivity index (χ2v) is 5.12. The summed E-state index contributed by atoms with van der Waals surface area (Å²) in [5.74, 6) is 0.483. The van der Waals surface area contributed by atoms with Gasteiger partial charge >= 0.3 is 0 Å². The van der Waals surface area contributed by atoms with E-state index in [9.17, 15) is 4.79 Å². The Hall–Kier alpha value is -1.47. The maximum absolute atomic E-state index is 12.3. The lowest BCUT2D eigenvalue weighted by Gasteiger charge is -2.23. The van der Waals surface area contributed by atoms with Crippen LogP contribution in [0.15, 0.2) is 24.3 Å². The summed E-state index contributed by atoms with van der Waals surface area (Å²) in [4.78, 5) is 12.3. The van der Waals surface area contributed by atoms with Gasteiger partial charge in [-0.25, -0.2) is 0 Å². The topological polar surface area (TPSA) is 85.2 Å². The zero-order valence-corrected chi connectivity index (χ0v) is 13.1. The highest BCUT2D eigenvalue weighted by Crippen LogP contribution is 2.19. The highest BCUT2D eigenvalue weighted by Gasteiger charge is 2.29. The molecule has 0 atom stereocenters. The van der Waals surface area contributed by atoms with Crippen LogP contribution in [0, 0.1) is 0 Å². The van der Waals surface area contributed by atoms with Crippen molar-refractivity contribution < 1.29 is 29.2 Å². The zero-order valence-electron chi connectivity index (χ0n) is 13.1. The van der Waals surface area contributed by atoms with Crippen LogP contribution in [0.3, 0.4) is 0 Å². The molecule has 0 unspecified atom stereocenters. The summed E-state index contributed by atoms with van der Waals surface area (Å²) in [6.07, 6.45) is 0. The summed E-state index contributed by atoms with van der Waals surface area (Å²) in [7, 11) is 0. The van der Waals surface area contributed by atoms with E-state index in [4.69, 9.17) is 24.4 Å². The maximum atomic E-state index is 12.3. The van der Waals surface area contributed by atoms with E-state index in [1.807, 2.05) is 0 Å². The number of carbonyl (C=O) groups is 1. The molecule has 0 heterocycles. The second kappa shape index (κ2) is 9.53. The van der Waals surface area contributed by atoms with Crippen molar-refractivity contribution in [1.29, 1.82) is 0 Å². The average Bonchev–Trinajstić information content (AvgIpc) is 2.52. The highest BCUT2D eigenvalue weighted by atomic mass is 16.5. The molecule has 0 fully saturated rings. The molecule has 0 bridgehead atoms. The molecule has 22 heavy (non-hydrogen) atoms. The molecular weight excluding hydrogens is 288 g/mol. The van der Waals surface area contributed by atoms with Crippen molar-refractivity contribution in [2.75, 3.05) is 39.6 Å². The van der Waals surface area contributed by atoms with Gasteiger partial charge in [0.1, 0.15) is 18.0 Å².